The highest BCUT2D eigenvalue weighted by Crippen LogP contribution is 2.23. The van der Waals surface area contributed by atoms with E-state index in [0.29, 0.717) is 6.04 Å². The molecular formula is C17H30N4OS. The molecule has 1 N–H and O–H groups in total. The van der Waals surface area contributed by atoms with Gasteiger partial charge in [0.05, 0.1) is 6.10 Å². The van der Waals surface area contributed by atoms with Crippen LogP contribution < -0.4 is 4.90 Å². The SMILES string of the molecule is CC1CCN(C[C@H](O)CN2CCN(c3nccs3)[C@H](C)C2)CC1. The molecule has 2 atom stereocenters. The summed E-state index contributed by atoms with van der Waals surface area (Å²) < 4.78 is 0. The Bertz CT molecular complexity index is 461. The van der Waals surface area contributed by atoms with Crippen LogP contribution in [-0.4, -0.2) is 77.8 Å². The molecule has 1 aromatic rings. The Balaban J connectivity index is 1.42. The minimum Gasteiger partial charge on any atom is -0.390 e. The van der Waals surface area contributed by atoms with E-state index in [1.54, 1.807) is 11.3 Å². The smallest absolute Gasteiger partial charge is 0.185 e. The fraction of sp³-hybridized carbons (Fsp3) is 0.824. The number of hydrogen-bond donors (Lipinski definition) is 1. The first kappa shape index (κ1) is 17.1. The average molecular weight is 339 g/mol. The molecule has 5 nitrogen and oxygen atoms in total. The van der Waals surface area contributed by atoms with Gasteiger partial charge in [0.2, 0.25) is 0 Å². The van der Waals surface area contributed by atoms with Crippen LogP contribution >= 0.6 is 11.3 Å². The van der Waals surface area contributed by atoms with E-state index in [4.69, 9.17) is 0 Å². The molecule has 130 valence electrons. The fourth-order valence-electron chi connectivity index (χ4n) is 3.74. The van der Waals surface area contributed by atoms with Crippen molar-refractivity contribution in [2.75, 3.05) is 50.7 Å². The van der Waals surface area contributed by atoms with Gasteiger partial charge in [-0.25, -0.2) is 4.98 Å². The number of thiazole rings is 1. The van der Waals surface area contributed by atoms with Crippen molar-refractivity contribution in [3.8, 4) is 0 Å². The second-order valence-corrected chi connectivity index (χ2v) is 8.13. The first-order valence-corrected chi connectivity index (χ1v) is 9.78. The zero-order chi connectivity index (χ0) is 16.2. The highest BCUT2D eigenvalue weighted by atomic mass is 32.1. The lowest BCUT2D eigenvalue weighted by Gasteiger charge is -2.41. The molecule has 0 aliphatic carbocycles. The van der Waals surface area contributed by atoms with Crippen molar-refractivity contribution in [3.05, 3.63) is 11.6 Å². The molecule has 0 bridgehead atoms. The predicted octanol–water partition coefficient (Wildman–Crippen LogP) is 1.75. The van der Waals surface area contributed by atoms with E-state index in [1.807, 2.05) is 11.6 Å². The molecule has 2 fully saturated rings. The number of β-amino-alcohol motifs (C(OH)–C–C–N with tert-alkyl or cyclic N) is 1. The number of likely N-dealkylation sites (tertiary alicyclic amines) is 1. The Morgan fingerprint density at radius 2 is 1.91 bits per heavy atom. The van der Waals surface area contributed by atoms with Gasteiger partial charge in [-0.05, 0) is 38.8 Å². The summed E-state index contributed by atoms with van der Waals surface area (Å²) in [7, 11) is 0. The quantitative estimate of drug-likeness (QED) is 0.886. The predicted molar refractivity (Wildman–Crippen MR) is 96.2 cm³/mol. The fourth-order valence-corrected chi connectivity index (χ4v) is 4.51. The number of anilines is 1. The first-order valence-electron chi connectivity index (χ1n) is 8.90. The van der Waals surface area contributed by atoms with Crippen LogP contribution in [0.5, 0.6) is 0 Å². The molecule has 0 unspecified atom stereocenters. The molecule has 23 heavy (non-hydrogen) atoms. The summed E-state index contributed by atoms with van der Waals surface area (Å²) in [6.07, 6.45) is 4.19. The van der Waals surface area contributed by atoms with Gasteiger partial charge in [-0.2, -0.15) is 0 Å². The molecule has 0 radical (unpaired) electrons. The molecule has 1 aromatic heterocycles. The van der Waals surface area contributed by atoms with Gasteiger partial charge in [-0.15, -0.1) is 11.3 Å². The molecule has 3 rings (SSSR count). The Labute approximate surface area is 143 Å². The molecule has 0 saturated carbocycles. The molecule has 0 aromatic carbocycles. The number of rotatable bonds is 5. The maximum absolute atomic E-state index is 10.4. The highest BCUT2D eigenvalue weighted by Gasteiger charge is 2.27. The van der Waals surface area contributed by atoms with Crippen molar-refractivity contribution in [1.82, 2.24) is 14.8 Å². The van der Waals surface area contributed by atoms with E-state index < -0.39 is 0 Å². The Kier molecular flexibility index (Phi) is 5.91. The third kappa shape index (κ3) is 4.66. The van der Waals surface area contributed by atoms with E-state index in [9.17, 15) is 5.11 Å². The van der Waals surface area contributed by atoms with Crippen LogP contribution in [0.4, 0.5) is 5.13 Å². The van der Waals surface area contributed by atoms with Gasteiger partial charge in [0.1, 0.15) is 0 Å². The minimum absolute atomic E-state index is 0.234. The largest absolute Gasteiger partial charge is 0.390 e. The number of aliphatic hydroxyl groups is 1. The summed E-state index contributed by atoms with van der Waals surface area (Å²) in [5, 5.41) is 13.6. The van der Waals surface area contributed by atoms with Gasteiger partial charge in [0.25, 0.3) is 0 Å². The molecule has 2 aliphatic heterocycles. The molecule has 0 spiro atoms. The number of aromatic nitrogens is 1. The lowest BCUT2D eigenvalue weighted by atomic mass is 9.99. The molecule has 3 heterocycles. The van der Waals surface area contributed by atoms with Gasteiger partial charge < -0.3 is 14.9 Å². The van der Waals surface area contributed by atoms with Crippen molar-refractivity contribution < 1.29 is 5.11 Å². The standard InChI is InChI=1S/C17H30N4OS/c1-14-3-6-19(7-4-14)12-16(22)13-20-8-9-21(15(2)11-20)17-18-5-10-23-17/h5,10,14-16,22H,3-4,6-9,11-13H2,1-2H3/t15-,16+/m1/s1. The summed E-state index contributed by atoms with van der Waals surface area (Å²) in [4.78, 5) is 11.7. The van der Waals surface area contributed by atoms with Crippen LogP contribution in [0.25, 0.3) is 0 Å². The highest BCUT2D eigenvalue weighted by molar-refractivity contribution is 7.13. The maximum Gasteiger partial charge on any atom is 0.185 e. The van der Waals surface area contributed by atoms with E-state index in [-0.39, 0.29) is 6.10 Å². The van der Waals surface area contributed by atoms with Crippen molar-refractivity contribution >= 4 is 16.5 Å². The molecule has 6 heteroatoms. The number of aliphatic hydroxyl groups excluding tert-OH is 1. The van der Waals surface area contributed by atoms with Crippen molar-refractivity contribution in [1.29, 1.82) is 0 Å². The van der Waals surface area contributed by atoms with Gasteiger partial charge >= 0.3 is 0 Å². The third-order valence-corrected chi connectivity index (χ3v) is 6.00. The molecule has 2 saturated heterocycles. The van der Waals surface area contributed by atoms with Crippen LogP contribution in [0.1, 0.15) is 26.7 Å². The van der Waals surface area contributed by atoms with E-state index in [2.05, 4.69) is 33.5 Å². The average Bonchev–Trinajstić information content (AvgIpc) is 3.04. The van der Waals surface area contributed by atoms with Crippen molar-refractivity contribution in [3.63, 3.8) is 0 Å². The lowest BCUT2D eigenvalue weighted by Crippen LogP contribution is -2.54. The zero-order valence-electron chi connectivity index (χ0n) is 14.4. The maximum atomic E-state index is 10.4. The number of piperidine rings is 1. The monoisotopic (exact) mass is 338 g/mol. The third-order valence-electron chi connectivity index (χ3n) is 5.19. The van der Waals surface area contributed by atoms with Crippen LogP contribution in [-0.2, 0) is 0 Å². The Hall–Kier alpha value is -0.690. The summed E-state index contributed by atoms with van der Waals surface area (Å²) in [6.45, 7) is 11.5. The lowest BCUT2D eigenvalue weighted by molar-refractivity contribution is 0.0564. The van der Waals surface area contributed by atoms with Gasteiger partial charge in [0, 0.05) is 50.3 Å². The van der Waals surface area contributed by atoms with Crippen LogP contribution in [0.15, 0.2) is 11.6 Å². The minimum atomic E-state index is -0.234. The number of hydrogen-bond acceptors (Lipinski definition) is 6. The Morgan fingerprint density at radius 1 is 1.17 bits per heavy atom. The number of piperazine rings is 1. The van der Waals surface area contributed by atoms with Gasteiger partial charge in [-0.3, -0.25) is 4.90 Å². The normalized spacial score (nSPS) is 26.6. The second kappa shape index (κ2) is 7.92. The topological polar surface area (TPSA) is 42.8 Å². The van der Waals surface area contributed by atoms with Gasteiger partial charge in [0.15, 0.2) is 5.13 Å². The van der Waals surface area contributed by atoms with E-state index in [0.717, 1.165) is 56.9 Å². The van der Waals surface area contributed by atoms with Crippen molar-refractivity contribution in [2.45, 2.75) is 38.8 Å². The Morgan fingerprint density at radius 3 is 2.57 bits per heavy atom. The van der Waals surface area contributed by atoms with Crippen LogP contribution in [0.3, 0.4) is 0 Å². The van der Waals surface area contributed by atoms with E-state index in [1.165, 1.54) is 12.8 Å². The summed E-state index contributed by atoms with van der Waals surface area (Å²) >= 11 is 1.71. The van der Waals surface area contributed by atoms with Gasteiger partial charge in [-0.1, -0.05) is 6.92 Å². The number of nitrogens with zero attached hydrogens (tertiary/aromatic N) is 4. The first-order chi connectivity index (χ1) is 11.1. The second-order valence-electron chi connectivity index (χ2n) is 7.25. The van der Waals surface area contributed by atoms with Crippen molar-refractivity contribution in [2.24, 2.45) is 5.92 Å². The molecule has 2 aliphatic rings. The zero-order valence-corrected chi connectivity index (χ0v) is 15.2. The molecular weight excluding hydrogens is 308 g/mol. The van der Waals surface area contributed by atoms with E-state index >= 15 is 0 Å². The summed E-state index contributed by atoms with van der Waals surface area (Å²) in [6, 6.07) is 0.456. The summed E-state index contributed by atoms with van der Waals surface area (Å²) in [5.41, 5.74) is 0. The van der Waals surface area contributed by atoms with Crippen LogP contribution in [0.2, 0.25) is 0 Å². The van der Waals surface area contributed by atoms with Crippen LogP contribution in [0, 0.1) is 5.92 Å². The molecule has 0 amide bonds. The summed E-state index contributed by atoms with van der Waals surface area (Å²) in [5.74, 6) is 0.850.